The number of hydrogen-bond acceptors (Lipinski definition) is 6. The van der Waals surface area contributed by atoms with Gasteiger partial charge in [-0.2, -0.15) is 0 Å². The Labute approximate surface area is 164 Å². The van der Waals surface area contributed by atoms with Crippen molar-refractivity contribution in [1.82, 2.24) is 10.2 Å². The van der Waals surface area contributed by atoms with Crippen LogP contribution in [0.15, 0.2) is 53.4 Å². The zero-order chi connectivity index (χ0) is 18.4. The number of rotatable bonds is 7. The number of nitrogens with one attached hydrogen (secondary N) is 1. The lowest BCUT2D eigenvalue weighted by Gasteiger charge is -2.02. The molecule has 0 saturated carbocycles. The summed E-state index contributed by atoms with van der Waals surface area (Å²) in [5.41, 5.74) is 1.11. The Bertz CT molecular complexity index is 867. The highest BCUT2D eigenvalue weighted by Crippen LogP contribution is 2.22. The van der Waals surface area contributed by atoms with Crippen molar-refractivity contribution in [1.29, 1.82) is 0 Å². The number of ether oxygens (including phenoxy) is 1. The number of anilines is 1. The first-order valence-electron chi connectivity index (χ1n) is 7.76. The van der Waals surface area contributed by atoms with E-state index < -0.39 is 0 Å². The molecule has 0 aliphatic rings. The normalized spacial score (nSPS) is 10.5. The molecule has 134 valence electrons. The Hall–Kier alpha value is -2.09. The summed E-state index contributed by atoms with van der Waals surface area (Å²) in [4.78, 5) is 13.0. The van der Waals surface area contributed by atoms with Gasteiger partial charge in [0.1, 0.15) is 10.8 Å². The number of hydrogen-bond donors (Lipinski definition) is 1. The summed E-state index contributed by atoms with van der Waals surface area (Å²) in [6.45, 7) is 0. The second kappa shape index (κ2) is 9.02. The van der Waals surface area contributed by atoms with E-state index in [2.05, 4.69) is 15.5 Å². The molecule has 3 aromatic rings. The fourth-order valence-electron chi connectivity index (χ4n) is 2.13. The highest BCUT2D eigenvalue weighted by molar-refractivity contribution is 8.00. The monoisotopic (exact) mass is 405 g/mol. The van der Waals surface area contributed by atoms with Crippen molar-refractivity contribution in [2.45, 2.75) is 11.3 Å². The Kier molecular flexibility index (Phi) is 6.49. The maximum absolute atomic E-state index is 12.1. The fraction of sp³-hybridized carbons (Fsp3) is 0.167. The summed E-state index contributed by atoms with van der Waals surface area (Å²) in [6, 6.07) is 15.2. The highest BCUT2D eigenvalue weighted by atomic mass is 35.5. The first-order chi connectivity index (χ1) is 12.6. The van der Waals surface area contributed by atoms with Crippen LogP contribution in [-0.2, 0) is 11.2 Å². The minimum Gasteiger partial charge on any atom is -0.497 e. The first kappa shape index (κ1) is 18.7. The number of halogens is 1. The topological polar surface area (TPSA) is 64.1 Å². The van der Waals surface area contributed by atoms with Crippen LogP contribution < -0.4 is 10.1 Å². The molecule has 5 nitrogen and oxygen atoms in total. The van der Waals surface area contributed by atoms with Gasteiger partial charge in [0.2, 0.25) is 11.0 Å². The Morgan fingerprint density at radius 2 is 1.88 bits per heavy atom. The van der Waals surface area contributed by atoms with Gasteiger partial charge in [-0.15, -0.1) is 22.0 Å². The molecule has 1 amide bonds. The molecule has 0 aliphatic carbocycles. The smallest absolute Gasteiger partial charge is 0.236 e. The van der Waals surface area contributed by atoms with E-state index in [9.17, 15) is 4.79 Å². The summed E-state index contributed by atoms with van der Waals surface area (Å²) in [7, 11) is 1.64. The predicted octanol–water partition coefficient (Wildman–Crippen LogP) is 4.52. The number of aromatic nitrogens is 2. The molecule has 1 N–H and O–H groups in total. The average molecular weight is 406 g/mol. The van der Waals surface area contributed by atoms with E-state index >= 15 is 0 Å². The first-order valence-corrected chi connectivity index (χ1v) is 9.94. The van der Waals surface area contributed by atoms with Gasteiger partial charge in [-0.3, -0.25) is 10.1 Å². The van der Waals surface area contributed by atoms with E-state index in [0.717, 1.165) is 21.2 Å². The number of amides is 1. The van der Waals surface area contributed by atoms with Crippen molar-refractivity contribution in [3.8, 4) is 5.75 Å². The van der Waals surface area contributed by atoms with Gasteiger partial charge in [0, 0.05) is 16.3 Å². The lowest BCUT2D eigenvalue weighted by Crippen LogP contribution is -2.13. The molecule has 2 aromatic carbocycles. The minimum absolute atomic E-state index is 0.114. The van der Waals surface area contributed by atoms with Gasteiger partial charge in [-0.05, 0) is 42.0 Å². The van der Waals surface area contributed by atoms with E-state index in [4.69, 9.17) is 16.3 Å². The Morgan fingerprint density at radius 1 is 1.15 bits per heavy atom. The standard InChI is InChI=1S/C18H16ClN3O2S2/c1-24-14-6-2-12(3-7-14)10-17-21-22-18(26-17)20-16(23)11-25-15-8-4-13(19)5-9-15/h2-9H,10-11H2,1H3,(H,20,22,23). The number of methoxy groups -OCH3 is 1. The molecule has 26 heavy (non-hydrogen) atoms. The van der Waals surface area contributed by atoms with Crippen LogP contribution in [0.5, 0.6) is 5.75 Å². The van der Waals surface area contributed by atoms with Gasteiger partial charge in [-0.1, -0.05) is 35.1 Å². The third kappa shape index (κ3) is 5.45. The van der Waals surface area contributed by atoms with Crippen molar-refractivity contribution in [2.75, 3.05) is 18.2 Å². The maximum atomic E-state index is 12.1. The number of benzene rings is 2. The molecular formula is C18H16ClN3O2S2. The van der Waals surface area contributed by atoms with Crippen molar-refractivity contribution < 1.29 is 9.53 Å². The van der Waals surface area contributed by atoms with Gasteiger partial charge in [0.15, 0.2) is 0 Å². The van der Waals surface area contributed by atoms with Gasteiger partial charge < -0.3 is 4.74 Å². The molecule has 0 spiro atoms. The summed E-state index contributed by atoms with van der Waals surface area (Å²) >= 11 is 8.67. The van der Waals surface area contributed by atoms with Gasteiger partial charge >= 0.3 is 0 Å². The van der Waals surface area contributed by atoms with Crippen LogP contribution in [-0.4, -0.2) is 29.0 Å². The summed E-state index contributed by atoms with van der Waals surface area (Å²) in [5, 5.41) is 13.0. The van der Waals surface area contributed by atoms with Gasteiger partial charge in [0.25, 0.3) is 0 Å². The molecule has 0 saturated heterocycles. The Balaban J connectivity index is 1.50. The molecule has 1 aromatic heterocycles. The van der Waals surface area contributed by atoms with E-state index in [1.807, 2.05) is 36.4 Å². The van der Waals surface area contributed by atoms with Crippen LogP contribution >= 0.6 is 34.7 Å². The zero-order valence-electron chi connectivity index (χ0n) is 13.9. The maximum Gasteiger partial charge on any atom is 0.236 e. The van der Waals surface area contributed by atoms with E-state index in [1.165, 1.54) is 23.1 Å². The molecule has 0 bridgehead atoms. The predicted molar refractivity (Wildman–Crippen MR) is 107 cm³/mol. The zero-order valence-corrected chi connectivity index (χ0v) is 16.3. The minimum atomic E-state index is -0.114. The van der Waals surface area contributed by atoms with E-state index in [1.54, 1.807) is 19.2 Å². The van der Waals surface area contributed by atoms with Crippen LogP contribution in [0.2, 0.25) is 5.02 Å². The molecule has 0 atom stereocenters. The molecule has 0 aliphatic heterocycles. The van der Waals surface area contributed by atoms with E-state index in [-0.39, 0.29) is 5.91 Å². The van der Waals surface area contributed by atoms with Gasteiger partial charge in [0.05, 0.1) is 12.9 Å². The van der Waals surface area contributed by atoms with Crippen LogP contribution in [0.1, 0.15) is 10.6 Å². The lowest BCUT2D eigenvalue weighted by molar-refractivity contribution is -0.113. The second-order valence-corrected chi connectivity index (χ2v) is 7.86. The summed E-state index contributed by atoms with van der Waals surface area (Å²) in [6.07, 6.45) is 0.664. The Morgan fingerprint density at radius 3 is 2.58 bits per heavy atom. The van der Waals surface area contributed by atoms with E-state index in [0.29, 0.717) is 22.3 Å². The van der Waals surface area contributed by atoms with Crippen molar-refractivity contribution >= 4 is 45.7 Å². The molecule has 0 unspecified atom stereocenters. The third-order valence-corrected chi connectivity index (χ3v) is 5.51. The molecule has 3 rings (SSSR count). The fourth-order valence-corrected chi connectivity index (χ4v) is 3.74. The quantitative estimate of drug-likeness (QED) is 0.585. The molecule has 0 fully saturated rings. The molecule has 1 heterocycles. The third-order valence-electron chi connectivity index (χ3n) is 3.41. The second-order valence-electron chi connectivity index (χ2n) is 5.32. The van der Waals surface area contributed by atoms with Crippen molar-refractivity contribution in [3.05, 3.63) is 64.1 Å². The van der Waals surface area contributed by atoms with Crippen LogP contribution in [0, 0.1) is 0 Å². The van der Waals surface area contributed by atoms with Gasteiger partial charge in [-0.25, -0.2) is 0 Å². The summed E-state index contributed by atoms with van der Waals surface area (Å²) < 4.78 is 5.15. The number of nitrogens with zero attached hydrogens (tertiary/aromatic N) is 2. The van der Waals surface area contributed by atoms with Crippen molar-refractivity contribution in [2.24, 2.45) is 0 Å². The summed E-state index contributed by atoms with van der Waals surface area (Å²) in [5.74, 6) is 1.00. The van der Waals surface area contributed by atoms with Crippen LogP contribution in [0.25, 0.3) is 0 Å². The molecule has 0 radical (unpaired) electrons. The highest BCUT2D eigenvalue weighted by Gasteiger charge is 2.09. The lowest BCUT2D eigenvalue weighted by atomic mass is 10.1. The average Bonchev–Trinajstić information content (AvgIpc) is 3.08. The number of carbonyl (C=O) groups is 1. The van der Waals surface area contributed by atoms with Crippen LogP contribution in [0.4, 0.5) is 5.13 Å². The largest absolute Gasteiger partial charge is 0.497 e. The number of carbonyl (C=O) groups excluding carboxylic acids is 1. The number of thioether (sulfide) groups is 1. The van der Waals surface area contributed by atoms with Crippen molar-refractivity contribution in [3.63, 3.8) is 0 Å². The molecular weight excluding hydrogens is 390 g/mol. The SMILES string of the molecule is COc1ccc(Cc2nnc(NC(=O)CSc3ccc(Cl)cc3)s2)cc1. The molecule has 8 heteroatoms. The van der Waals surface area contributed by atoms with Crippen LogP contribution in [0.3, 0.4) is 0 Å².